The SMILES string of the molecule is CN(Cc1ccccc1)c1cncc(CNC(C)(C)C)n1. The van der Waals surface area contributed by atoms with Gasteiger partial charge in [-0.25, -0.2) is 4.98 Å². The maximum absolute atomic E-state index is 4.67. The second-order valence-corrected chi connectivity index (χ2v) is 6.31. The number of anilines is 1. The largest absolute Gasteiger partial charge is 0.354 e. The molecule has 0 amide bonds. The van der Waals surface area contributed by atoms with Crippen molar-refractivity contribution < 1.29 is 0 Å². The molecule has 0 fully saturated rings. The maximum atomic E-state index is 4.67. The maximum Gasteiger partial charge on any atom is 0.147 e. The van der Waals surface area contributed by atoms with E-state index in [4.69, 9.17) is 0 Å². The van der Waals surface area contributed by atoms with Crippen LogP contribution in [0.4, 0.5) is 5.82 Å². The van der Waals surface area contributed by atoms with Crippen molar-refractivity contribution in [1.29, 1.82) is 0 Å². The number of aromatic nitrogens is 2. The van der Waals surface area contributed by atoms with E-state index in [0.29, 0.717) is 0 Å². The zero-order chi connectivity index (χ0) is 15.3. The number of nitrogens with one attached hydrogen (secondary N) is 1. The summed E-state index contributed by atoms with van der Waals surface area (Å²) in [5, 5.41) is 3.43. The Hall–Kier alpha value is -1.94. The van der Waals surface area contributed by atoms with Crippen LogP contribution in [0.5, 0.6) is 0 Å². The molecule has 0 spiro atoms. The van der Waals surface area contributed by atoms with E-state index < -0.39 is 0 Å². The molecule has 0 saturated heterocycles. The third-order valence-electron chi connectivity index (χ3n) is 3.13. The molecular weight excluding hydrogens is 260 g/mol. The minimum atomic E-state index is 0.0770. The van der Waals surface area contributed by atoms with Gasteiger partial charge < -0.3 is 10.2 Å². The lowest BCUT2D eigenvalue weighted by Crippen LogP contribution is -2.35. The smallest absolute Gasteiger partial charge is 0.147 e. The highest BCUT2D eigenvalue weighted by Gasteiger charge is 2.10. The van der Waals surface area contributed by atoms with Crippen molar-refractivity contribution in [2.45, 2.75) is 39.4 Å². The molecule has 4 heteroatoms. The average molecular weight is 284 g/mol. The molecule has 1 aromatic heterocycles. The lowest BCUT2D eigenvalue weighted by molar-refractivity contribution is 0.421. The van der Waals surface area contributed by atoms with Crippen LogP contribution < -0.4 is 10.2 Å². The van der Waals surface area contributed by atoms with Crippen LogP contribution in [0.2, 0.25) is 0 Å². The summed E-state index contributed by atoms with van der Waals surface area (Å²) in [7, 11) is 2.04. The van der Waals surface area contributed by atoms with Gasteiger partial charge in [0.15, 0.2) is 0 Å². The first-order chi connectivity index (χ1) is 9.94. The minimum absolute atomic E-state index is 0.0770. The lowest BCUT2D eigenvalue weighted by Gasteiger charge is -2.21. The molecule has 0 atom stereocenters. The van der Waals surface area contributed by atoms with Gasteiger partial charge in [-0.3, -0.25) is 4.98 Å². The summed E-state index contributed by atoms with van der Waals surface area (Å²) in [6, 6.07) is 10.4. The molecule has 112 valence electrons. The predicted molar refractivity (Wildman–Crippen MR) is 87.2 cm³/mol. The van der Waals surface area contributed by atoms with Crippen molar-refractivity contribution in [3.63, 3.8) is 0 Å². The molecule has 2 aromatic rings. The summed E-state index contributed by atoms with van der Waals surface area (Å²) in [6.07, 6.45) is 3.63. The first-order valence-corrected chi connectivity index (χ1v) is 7.25. The highest BCUT2D eigenvalue weighted by molar-refractivity contribution is 5.36. The van der Waals surface area contributed by atoms with Gasteiger partial charge in [0, 0.05) is 31.9 Å². The number of rotatable bonds is 5. The van der Waals surface area contributed by atoms with Gasteiger partial charge in [0.25, 0.3) is 0 Å². The number of nitrogens with zero attached hydrogens (tertiary/aromatic N) is 3. The minimum Gasteiger partial charge on any atom is -0.354 e. The van der Waals surface area contributed by atoms with Gasteiger partial charge in [-0.1, -0.05) is 30.3 Å². The molecule has 0 unspecified atom stereocenters. The van der Waals surface area contributed by atoms with Crippen LogP contribution in [0.3, 0.4) is 0 Å². The lowest BCUT2D eigenvalue weighted by atomic mass is 10.1. The Balaban J connectivity index is 2.03. The highest BCUT2D eigenvalue weighted by Crippen LogP contribution is 2.12. The van der Waals surface area contributed by atoms with Gasteiger partial charge in [-0.2, -0.15) is 0 Å². The molecule has 4 nitrogen and oxygen atoms in total. The predicted octanol–water partition coefficient (Wildman–Crippen LogP) is 3.00. The van der Waals surface area contributed by atoms with Crippen molar-refractivity contribution in [3.8, 4) is 0 Å². The van der Waals surface area contributed by atoms with Crippen molar-refractivity contribution in [2.24, 2.45) is 0 Å². The molecule has 1 aromatic carbocycles. The van der Waals surface area contributed by atoms with Crippen LogP contribution in [0, 0.1) is 0 Å². The molecule has 1 N–H and O–H groups in total. The Morgan fingerprint density at radius 3 is 2.48 bits per heavy atom. The van der Waals surface area contributed by atoms with Gasteiger partial charge in [-0.15, -0.1) is 0 Å². The normalized spacial score (nSPS) is 11.4. The Morgan fingerprint density at radius 2 is 1.81 bits per heavy atom. The van der Waals surface area contributed by atoms with Gasteiger partial charge in [0.05, 0.1) is 11.9 Å². The van der Waals surface area contributed by atoms with Crippen LogP contribution >= 0.6 is 0 Å². The molecule has 0 saturated carbocycles. The van der Waals surface area contributed by atoms with Crippen LogP contribution in [0.1, 0.15) is 32.0 Å². The summed E-state index contributed by atoms with van der Waals surface area (Å²) < 4.78 is 0. The van der Waals surface area contributed by atoms with E-state index in [1.807, 2.05) is 25.5 Å². The Labute approximate surface area is 127 Å². The zero-order valence-corrected chi connectivity index (χ0v) is 13.3. The summed E-state index contributed by atoms with van der Waals surface area (Å²) in [6.45, 7) is 7.98. The zero-order valence-electron chi connectivity index (χ0n) is 13.3. The van der Waals surface area contributed by atoms with Crippen LogP contribution in [-0.4, -0.2) is 22.6 Å². The van der Waals surface area contributed by atoms with E-state index >= 15 is 0 Å². The van der Waals surface area contributed by atoms with Gasteiger partial charge in [0.1, 0.15) is 5.82 Å². The molecule has 1 heterocycles. The van der Waals surface area contributed by atoms with E-state index in [-0.39, 0.29) is 5.54 Å². The second-order valence-electron chi connectivity index (χ2n) is 6.31. The molecule has 0 aliphatic rings. The fourth-order valence-corrected chi connectivity index (χ4v) is 1.96. The van der Waals surface area contributed by atoms with E-state index in [1.54, 1.807) is 0 Å². The number of hydrogen-bond donors (Lipinski definition) is 1. The van der Waals surface area contributed by atoms with Crippen molar-refractivity contribution in [3.05, 3.63) is 54.0 Å². The second kappa shape index (κ2) is 6.68. The van der Waals surface area contributed by atoms with Gasteiger partial charge in [0.2, 0.25) is 0 Å². The van der Waals surface area contributed by atoms with Gasteiger partial charge in [-0.05, 0) is 26.3 Å². The number of hydrogen-bond acceptors (Lipinski definition) is 4. The highest BCUT2D eigenvalue weighted by atomic mass is 15.2. The third kappa shape index (κ3) is 5.16. The summed E-state index contributed by atoms with van der Waals surface area (Å²) >= 11 is 0. The van der Waals surface area contributed by atoms with E-state index in [0.717, 1.165) is 24.6 Å². The van der Waals surface area contributed by atoms with Crippen molar-refractivity contribution in [1.82, 2.24) is 15.3 Å². The Bertz CT molecular complexity index is 561. The average Bonchev–Trinajstić information content (AvgIpc) is 2.46. The summed E-state index contributed by atoms with van der Waals surface area (Å²) in [5.41, 5.74) is 2.30. The summed E-state index contributed by atoms with van der Waals surface area (Å²) in [5.74, 6) is 0.895. The van der Waals surface area contributed by atoms with E-state index in [1.165, 1.54) is 5.56 Å². The summed E-state index contributed by atoms with van der Waals surface area (Å²) in [4.78, 5) is 11.1. The Morgan fingerprint density at radius 1 is 1.10 bits per heavy atom. The fraction of sp³-hybridized carbons (Fsp3) is 0.412. The standard InChI is InChI=1S/C17H24N4/c1-17(2,3)19-11-15-10-18-12-16(20-15)21(4)13-14-8-6-5-7-9-14/h5-10,12,19H,11,13H2,1-4H3. The Kier molecular flexibility index (Phi) is 4.91. The first-order valence-electron chi connectivity index (χ1n) is 7.25. The third-order valence-corrected chi connectivity index (χ3v) is 3.13. The molecule has 0 aliphatic heterocycles. The monoisotopic (exact) mass is 284 g/mol. The van der Waals surface area contributed by atoms with Crippen LogP contribution in [0.25, 0.3) is 0 Å². The molecule has 0 aliphatic carbocycles. The van der Waals surface area contributed by atoms with Crippen LogP contribution in [-0.2, 0) is 13.1 Å². The fourth-order valence-electron chi connectivity index (χ4n) is 1.96. The first kappa shape index (κ1) is 15.4. The molecule has 21 heavy (non-hydrogen) atoms. The van der Waals surface area contributed by atoms with Crippen molar-refractivity contribution >= 4 is 5.82 Å². The van der Waals surface area contributed by atoms with E-state index in [2.05, 4.69) is 65.2 Å². The quantitative estimate of drug-likeness (QED) is 0.916. The van der Waals surface area contributed by atoms with E-state index in [9.17, 15) is 0 Å². The molecule has 2 rings (SSSR count). The van der Waals surface area contributed by atoms with Crippen molar-refractivity contribution in [2.75, 3.05) is 11.9 Å². The molecular formula is C17H24N4. The van der Waals surface area contributed by atoms with Gasteiger partial charge >= 0.3 is 0 Å². The number of benzene rings is 1. The van der Waals surface area contributed by atoms with Crippen LogP contribution in [0.15, 0.2) is 42.7 Å². The topological polar surface area (TPSA) is 41.1 Å². The molecule has 0 bridgehead atoms. The molecule has 0 radical (unpaired) electrons.